The van der Waals surface area contributed by atoms with Crippen molar-refractivity contribution in [2.24, 2.45) is 0 Å². The Bertz CT molecular complexity index is 485. The van der Waals surface area contributed by atoms with E-state index < -0.39 is 0 Å². The summed E-state index contributed by atoms with van der Waals surface area (Å²) in [5, 5.41) is 3.07. The topological polar surface area (TPSA) is 34.2 Å². The third-order valence-electron chi connectivity index (χ3n) is 2.98. The lowest BCUT2D eigenvalue weighted by Gasteiger charge is -2.08. The maximum Gasteiger partial charge on any atom is 0.131 e. The third kappa shape index (κ3) is 4.38. The van der Waals surface area contributed by atoms with Crippen LogP contribution in [0.15, 0.2) is 48.7 Å². The van der Waals surface area contributed by atoms with Crippen molar-refractivity contribution in [3.8, 4) is 0 Å². The summed E-state index contributed by atoms with van der Waals surface area (Å²) in [7, 11) is 1.88. The molecule has 0 aliphatic rings. The van der Waals surface area contributed by atoms with Crippen LogP contribution in [0.2, 0.25) is 0 Å². The lowest BCUT2D eigenvalue weighted by Crippen LogP contribution is -2.02. The quantitative estimate of drug-likeness (QED) is 0.772. The number of hydrogen-bond donors (Lipinski definition) is 1. The number of hydrogen-bond acceptors (Lipinski definition) is 3. The SMILES string of the molecule is CNc1ncccc1COCCCc1ccccc1. The second-order valence-electron chi connectivity index (χ2n) is 4.40. The number of ether oxygens (including phenoxy) is 1. The molecular formula is C16H20N2O. The standard InChI is InChI=1S/C16H20N2O/c1-17-16-15(10-5-11-18-16)13-19-12-6-9-14-7-3-2-4-8-14/h2-5,7-8,10-11H,6,9,12-13H2,1H3,(H,17,18). The molecule has 0 saturated heterocycles. The van der Waals surface area contributed by atoms with Gasteiger partial charge in [-0.15, -0.1) is 0 Å². The molecule has 19 heavy (non-hydrogen) atoms. The second-order valence-corrected chi connectivity index (χ2v) is 4.40. The maximum absolute atomic E-state index is 5.70. The highest BCUT2D eigenvalue weighted by atomic mass is 16.5. The first-order valence-electron chi connectivity index (χ1n) is 6.63. The van der Waals surface area contributed by atoms with Gasteiger partial charge in [0.15, 0.2) is 0 Å². The second kappa shape index (κ2) is 7.54. The zero-order chi connectivity index (χ0) is 13.3. The van der Waals surface area contributed by atoms with Crippen LogP contribution in [0.4, 0.5) is 5.82 Å². The summed E-state index contributed by atoms with van der Waals surface area (Å²) >= 11 is 0. The average Bonchev–Trinajstić information content (AvgIpc) is 2.48. The predicted octanol–water partition coefficient (Wildman–Crippen LogP) is 3.27. The Labute approximate surface area is 114 Å². The zero-order valence-electron chi connectivity index (χ0n) is 11.3. The normalized spacial score (nSPS) is 10.4. The van der Waals surface area contributed by atoms with E-state index in [9.17, 15) is 0 Å². The molecule has 3 heteroatoms. The van der Waals surface area contributed by atoms with Crippen LogP contribution in [-0.4, -0.2) is 18.6 Å². The van der Waals surface area contributed by atoms with Gasteiger partial charge in [-0.1, -0.05) is 36.4 Å². The van der Waals surface area contributed by atoms with Crippen molar-refractivity contribution in [3.63, 3.8) is 0 Å². The monoisotopic (exact) mass is 256 g/mol. The van der Waals surface area contributed by atoms with Crippen LogP contribution in [0.5, 0.6) is 0 Å². The molecule has 0 atom stereocenters. The molecule has 1 N–H and O–H groups in total. The van der Waals surface area contributed by atoms with Crippen molar-refractivity contribution >= 4 is 5.82 Å². The van der Waals surface area contributed by atoms with E-state index in [1.54, 1.807) is 6.20 Å². The molecule has 3 nitrogen and oxygen atoms in total. The minimum atomic E-state index is 0.610. The molecule has 0 radical (unpaired) electrons. The molecule has 0 spiro atoms. The van der Waals surface area contributed by atoms with Crippen LogP contribution in [0, 0.1) is 0 Å². The van der Waals surface area contributed by atoms with Gasteiger partial charge in [-0.05, 0) is 24.5 Å². The van der Waals surface area contributed by atoms with Gasteiger partial charge in [0.25, 0.3) is 0 Å². The summed E-state index contributed by atoms with van der Waals surface area (Å²) in [6.45, 7) is 1.38. The number of benzene rings is 1. The van der Waals surface area contributed by atoms with E-state index in [4.69, 9.17) is 4.74 Å². The number of aromatic nitrogens is 1. The van der Waals surface area contributed by atoms with E-state index in [0.717, 1.165) is 30.8 Å². The van der Waals surface area contributed by atoms with Crippen molar-refractivity contribution in [2.75, 3.05) is 19.0 Å². The summed E-state index contributed by atoms with van der Waals surface area (Å²) in [6.07, 6.45) is 3.89. The fraction of sp³-hybridized carbons (Fsp3) is 0.312. The Morgan fingerprint density at radius 2 is 1.95 bits per heavy atom. The molecule has 0 saturated carbocycles. The molecule has 1 heterocycles. The molecule has 1 aromatic carbocycles. The van der Waals surface area contributed by atoms with Gasteiger partial charge in [0, 0.05) is 25.4 Å². The lowest BCUT2D eigenvalue weighted by molar-refractivity contribution is 0.119. The van der Waals surface area contributed by atoms with Crippen molar-refractivity contribution in [1.82, 2.24) is 4.98 Å². The van der Waals surface area contributed by atoms with Gasteiger partial charge in [0.05, 0.1) is 6.61 Å². The molecule has 0 fully saturated rings. The Morgan fingerprint density at radius 3 is 2.74 bits per heavy atom. The fourth-order valence-corrected chi connectivity index (χ4v) is 1.99. The van der Waals surface area contributed by atoms with Crippen molar-refractivity contribution in [1.29, 1.82) is 0 Å². The summed E-state index contributed by atoms with van der Waals surface area (Å²) in [5.41, 5.74) is 2.47. The first kappa shape index (κ1) is 13.6. The molecule has 2 rings (SSSR count). The highest BCUT2D eigenvalue weighted by Crippen LogP contribution is 2.12. The smallest absolute Gasteiger partial charge is 0.131 e. The number of pyridine rings is 1. The van der Waals surface area contributed by atoms with E-state index in [1.807, 2.05) is 25.2 Å². The number of anilines is 1. The predicted molar refractivity (Wildman–Crippen MR) is 78.2 cm³/mol. The molecule has 0 bridgehead atoms. The van der Waals surface area contributed by atoms with Gasteiger partial charge in [0.1, 0.15) is 5.82 Å². The molecular weight excluding hydrogens is 236 g/mol. The number of nitrogens with zero attached hydrogens (tertiary/aromatic N) is 1. The van der Waals surface area contributed by atoms with Crippen molar-refractivity contribution in [2.45, 2.75) is 19.4 Å². The number of nitrogens with one attached hydrogen (secondary N) is 1. The Balaban J connectivity index is 1.69. The zero-order valence-corrected chi connectivity index (χ0v) is 11.3. The minimum Gasteiger partial charge on any atom is -0.377 e. The minimum absolute atomic E-state index is 0.610. The van der Waals surface area contributed by atoms with E-state index in [2.05, 4.69) is 34.6 Å². The molecule has 2 aromatic rings. The average molecular weight is 256 g/mol. The van der Waals surface area contributed by atoms with Crippen LogP contribution < -0.4 is 5.32 Å². The highest BCUT2D eigenvalue weighted by molar-refractivity contribution is 5.42. The van der Waals surface area contributed by atoms with Crippen LogP contribution in [0.25, 0.3) is 0 Å². The largest absolute Gasteiger partial charge is 0.377 e. The Morgan fingerprint density at radius 1 is 1.11 bits per heavy atom. The van der Waals surface area contributed by atoms with Gasteiger partial charge in [-0.3, -0.25) is 0 Å². The van der Waals surface area contributed by atoms with E-state index in [0.29, 0.717) is 6.61 Å². The first-order valence-corrected chi connectivity index (χ1v) is 6.63. The van der Waals surface area contributed by atoms with Crippen molar-refractivity contribution < 1.29 is 4.74 Å². The molecule has 0 amide bonds. The van der Waals surface area contributed by atoms with Gasteiger partial charge in [0.2, 0.25) is 0 Å². The van der Waals surface area contributed by atoms with Gasteiger partial charge in [-0.25, -0.2) is 4.98 Å². The van der Waals surface area contributed by atoms with Gasteiger partial charge in [-0.2, -0.15) is 0 Å². The van der Waals surface area contributed by atoms with E-state index in [1.165, 1.54) is 5.56 Å². The van der Waals surface area contributed by atoms with Crippen LogP contribution >= 0.6 is 0 Å². The summed E-state index contributed by atoms with van der Waals surface area (Å²) in [4.78, 5) is 4.25. The summed E-state index contributed by atoms with van der Waals surface area (Å²) in [5.74, 6) is 0.894. The number of aryl methyl sites for hydroxylation is 1. The van der Waals surface area contributed by atoms with Gasteiger partial charge >= 0.3 is 0 Å². The lowest BCUT2D eigenvalue weighted by atomic mass is 10.1. The Hall–Kier alpha value is -1.87. The fourth-order valence-electron chi connectivity index (χ4n) is 1.99. The molecule has 0 unspecified atom stereocenters. The molecule has 0 aliphatic heterocycles. The van der Waals surface area contributed by atoms with Crippen molar-refractivity contribution in [3.05, 3.63) is 59.8 Å². The molecule has 100 valence electrons. The van der Waals surface area contributed by atoms with Crippen LogP contribution in [0.1, 0.15) is 17.5 Å². The van der Waals surface area contributed by atoms with E-state index in [-0.39, 0.29) is 0 Å². The Kier molecular flexibility index (Phi) is 5.38. The van der Waals surface area contributed by atoms with Gasteiger partial charge < -0.3 is 10.1 Å². The first-order chi connectivity index (χ1) is 9.40. The van der Waals surface area contributed by atoms with Crippen LogP contribution in [0.3, 0.4) is 0 Å². The maximum atomic E-state index is 5.70. The molecule has 1 aromatic heterocycles. The highest BCUT2D eigenvalue weighted by Gasteiger charge is 2.01. The summed E-state index contributed by atoms with van der Waals surface area (Å²) in [6, 6.07) is 14.5. The summed E-state index contributed by atoms with van der Waals surface area (Å²) < 4.78 is 5.70. The number of rotatable bonds is 7. The van der Waals surface area contributed by atoms with E-state index >= 15 is 0 Å². The molecule has 0 aliphatic carbocycles. The van der Waals surface area contributed by atoms with Crippen LogP contribution in [-0.2, 0) is 17.8 Å². The third-order valence-corrected chi connectivity index (χ3v) is 2.98.